The Morgan fingerprint density at radius 3 is 2.30 bits per heavy atom. The van der Waals surface area contributed by atoms with E-state index in [0.717, 1.165) is 16.8 Å². The number of nitrogens with zero attached hydrogens (tertiary/aromatic N) is 1. The highest BCUT2D eigenvalue weighted by atomic mass is 31.3. The van der Waals surface area contributed by atoms with Crippen LogP contribution in [0.4, 0.5) is 0 Å². The molecule has 17 nitrogen and oxygen atoms in total. The number of nitrogens with one attached hydrogen (secondary N) is 1. The molecular weight excluding hydrogens is 565 g/mol. The van der Waals surface area contributed by atoms with Crippen LogP contribution >= 0.6 is 23.5 Å². The molecule has 6 N–H and O–H groups in total. The molecule has 0 bridgehead atoms. The van der Waals surface area contributed by atoms with E-state index in [4.69, 9.17) is 19.0 Å². The van der Waals surface area contributed by atoms with Crippen molar-refractivity contribution in [2.45, 2.75) is 24.5 Å². The molecule has 3 rings (SSSR count). The van der Waals surface area contributed by atoms with Crippen LogP contribution in [0.5, 0.6) is 0 Å². The maximum atomic E-state index is 13.0. The summed E-state index contributed by atoms with van der Waals surface area (Å²) < 4.78 is 59.2. The van der Waals surface area contributed by atoms with E-state index in [1.165, 1.54) is 12.1 Å². The van der Waals surface area contributed by atoms with Gasteiger partial charge in [0.1, 0.15) is 24.4 Å². The van der Waals surface area contributed by atoms with Crippen LogP contribution in [0.1, 0.15) is 11.8 Å². The minimum atomic E-state index is -5.78. The Morgan fingerprint density at radius 2 is 1.68 bits per heavy atom. The highest BCUT2D eigenvalue weighted by Gasteiger charge is 2.48. The Labute approximate surface area is 206 Å². The number of aromatic nitrogens is 2. The van der Waals surface area contributed by atoms with Crippen molar-refractivity contribution >= 4 is 23.5 Å². The molecule has 0 radical (unpaired) electrons. The first-order valence-corrected chi connectivity index (χ1v) is 14.3. The number of phosphoric acid groups is 3. The molecule has 1 aromatic carbocycles. The van der Waals surface area contributed by atoms with Crippen molar-refractivity contribution < 1.29 is 61.0 Å². The molecule has 1 aromatic heterocycles. The quantitative estimate of drug-likeness (QED) is 0.161. The van der Waals surface area contributed by atoms with E-state index in [0.29, 0.717) is 5.56 Å². The van der Waals surface area contributed by atoms with Gasteiger partial charge in [-0.15, -0.1) is 0 Å². The third kappa shape index (κ3) is 8.29. The Hall–Kier alpha value is -2.41. The SMILES string of the molecule is O=c1ccn([C@@H]2O[C@H](COP(=O)(OC#Cc3ccccc3)OP(=O)(O)OP(=O)(O)O)[C@@H](O)[C@H]2O)c(=O)[nH]1. The summed E-state index contributed by atoms with van der Waals surface area (Å²) in [4.78, 5) is 52.2. The zero-order valence-electron chi connectivity index (χ0n) is 18.2. The molecule has 202 valence electrons. The fourth-order valence-corrected chi connectivity index (χ4v) is 6.23. The number of hydrogen-bond acceptors (Lipinski definition) is 12. The predicted molar refractivity (Wildman–Crippen MR) is 119 cm³/mol. The second kappa shape index (κ2) is 11.5. The average molecular weight is 584 g/mol. The largest absolute Gasteiger partial charge is 0.547 e. The first-order valence-electron chi connectivity index (χ1n) is 9.81. The van der Waals surface area contributed by atoms with Crippen molar-refractivity contribution in [1.29, 1.82) is 0 Å². The van der Waals surface area contributed by atoms with Gasteiger partial charge in [-0.1, -0.05) is 18.2 Å². The van der Waals surface area contributed by atoms with E-state index < -0.39 is 65.9 Å². The fraction of sp³-hybridized carbons (Fsp3) is 0.294. The van der Waals surface area contributed by atoms with Gasteiger partial charge in [-0.25, -0.2) is 18.5 Å². The number of aliphatic hydroxyl groups is 2. The Balaban J connectivity index is 1.79. The van der Waals surface area contributed by atoms with Crippen LogP contribution in [0, 0.1) is 12.0 Å². The molecule has 0 spiro atoms. The fourth-order valence-electron chi connectivity index (χ4n) is 2.89. The maximum absolute atomic E-state index is 13.0. The van der Waals surface area contributed by atoms with E-state index in [-0.39, 0.29) is 0 Å². The maximum Gasteiger partial charge on any atom is 0.547 e. The van der Waals surface area contributed by atoms with E-state index >= 15 is 0 Å². The van der Waals surface area contributed by atoms with Crippen LogP contribution in [0.2, 0.25) is 0 Å². The Bertz CT molecular complexity index is 1420. The lowest BCUT2D eigenvalue weighted by molar-refractivity contribution is -0.0542. The van der Waals surface area contributed by atoms with Crippen molar-refractivity contribution in [2.24, 2.45) is 0 Å². The Morgan fingerprint density at radius 1 is 1.00 bits per heavy atom. The Kier molecular flexibility index (Phi) is 9.10. The number of benzene rings is 1. The monoisotopic (exact) mass is 584 g/mol. The molecule has 1 aliphatic rings. The van der Waals surface area contributed by atoms with E-state index in [2.05, 4.69) is 19.1 Å². The molecular formula is C17H19N2O15P3. The molecule has 1 saturated heterocycles. The second-order valence-electron chi connectivity index (χ2n) is 7.11. The molecule has 6 atom stereocenters. The molecule has 37 heavy (non-hydrogen) atoms. The third-order valence-corrected chi connectivity index (χ3v) is 8.48. The predicted octanol–water partition coefficient (Wildman–Crippen LogP) is -0.467. The van der Waals surface area contributed by atoms with Crippen LogP contribution in [-0.2, 0) is 36.1 Å². The van der Waals surface area contributed by atoms with Gasteiger partial charge >= 0.3 is 29.2 Å². The number of H-pyrrole nitrogens is 1. The van der Waals surface area contributed by atoms with Crippen LogP contribution in [0.15, 0.2) is 52.2 Å². The molecule has 20 heteroatoms. The van der Waals surface area contributed by atoms with Crippen LogP contribution in [0.3, 0.4) is 0 Å². The molecule has 2 aromatic rings. The summed E-state index contributed by atoms with van der Waals surface area (Å²) in [5, 5.41) is 20.5. The van der Waals surface area contributed by atoms with Crippen molar-refractivity contribution in [3.8, 4) is 12.0 Å². The van der Waals surface area contributed by atoms with Crippen molar-refractivity contribution in [1.82, 2.24) is 9.55 Å². The van der Waals surface area contributed by atoms with Gasteiger partial charge in [-0.3, -0.25) is 18.9 Å². The van der Waals surface area contributed by atoms with Gasteiger partial charge in [0, 0.05) is 17.8 Å². The summed E-state index contributed by atoms with van der Waals surface area (Å²) >= 11 is 0. The molecule has 1 aliphatic heterocycles. The smallest absolute Gasteiger partial charge is 0.387 e. The summed E-state index contributed by atoms with van der Waals surface area (Å²) in [6.07, 6.45) is -3.80. The highest BCUT2D eigenvalue weighted by molar-refractivity contribution is 7.66. The second-order valence-corrected chi connectivity index (χ2v) is 11.7. The lowest BCUT2D eigenvalue weighted by atomic mass is 10.1. The number of aromatic amines is 1. The zero-order chi connectivity index (χ0) is 27.4. The lowest BCUT2D eigenvalue weighted by Crippen LogP contribution is -2.37. The normalized spacial score (nSPS) is 24.9. The summed E-state index contributed by atoms with van der Waals surface area (Å²) in [5.74, 6) is 2.36. The van der Waals surface area contributed by atoms with Gasteiger partial charge in [0.2, 0.25) is 0 Å². The third-order valence-electron chi connectivity index (χ3n) is 4.40. The van der Waals surface area contributed by atoms with Gasteiger partial charge in [-0.2, -0.15) is 8.62 Å². The zero-order valence-corrected chi connectivity index (χ0v) is 20.8. The minimum absolute atomic E-state index is 0.333. The number of phosphoric ester groups is 1. The lowest BCUT2D eigenvalue weighted by Gasteiger charge is -2.20. The van der Waals surface area contributed by atoms with Gasteiger partial charge in [0.25, 0.3) is 5.56 Å². The molecule has 2 heterocycles. The summed E-state index contributed by atoms with van der Waals surface area (Å²) in [6.45, 7) is -0.993. The molecule has 2 unspecified atom stereocenters. The number of ether oxygens (including phenoxy) is 1. The van der Waals surface area contributed by atoms with Crippen molar-refractivity contribution in [3.05, 3.63) is 69.0 Å². The number of aliphatic hydroxyl groups excluding tert-OH is 2. The standard InChI is InChI=1S/C17H19N2O15P3/c20-13-6-8-19(17(23)18-13)16-15(22)14(21)12(32-16)10-31-37(29,34-36(27,28)33-35(24,25)26)30-9-7-11-4-2-1-3-5-11/h1-6,8,12,14-16,21-22H,10H2,(H,27,28)(H,18,20,23)(H2,24,25,26)/t12-,14-,15-,16-,37?/m1/s1. The van der Waals surface area contributed by atoms with Crippen LogP contribution in [-0.4, -0.2) is 59.4 Å². The molecule has 0 saturated carbocycles. The minimum Gasteiger partial charge on any atom is -0.387 e. The highest BCUT2D eigenvalue weighted by Crippen LogP contribution is 2.68. The van der Waals surface area contributed by atoms with Gasteiger partial charge < -0.3 is 34.2 Å². The molecule has 0 aliphatic carbocycles. The van der Waals surface area contributed by atoms with Crippen molar-refractivity contribution in [2.75, 3.05) is 6.61 Å². The van der Waals surface area contributed by atoms with E-state index in [9.17, 15) is 38.4 Å². The first-order chi connectivity index (χ1) is 17.2. The summed E-state index contributed by atoms with van der Waals surface area (Å²) in [7, 11) is -16.7. The topological polar surface area (TPSA) is 253 Å². The molecule has 0 amide bonds. The summed E-state index contributed by atoms with van der Waals surface area (Å²) in [6, 6.07) is 8.83. The summed E-state index contributed by atoms with van der Waals surface area (Å²) in [5.41, 5.74) is -1.40. The van der Waals surface area contributed by atoms with Crippen LogP contribution < -0.4 is 11.2 Å². The van der Waals surface area contributed by atoms with Gasteiger partial charge in [0.15, 0.2) is 6.23 Å². The van der Waals surface area contributed by atoms with Gasteiger partial charge in [-0.05, 0) is 18.1 Å². The van der Waals surface area contributed by atoms with E-state index in [1.807, 2.05) is 11.1 Å². The number of hydrogen-bond donors (Lipinski definition) is 6. The first kappa shape index (κ1) is 29.2. The molecule has 1 fully saturated rings. The number of rotatable bonds is 9. The van der Waals surface area contributed by atoms with E-state index in [1.54, 1.807) is 18.2 Å². The van der Waals surface area contributed by atoms with Crippen molar-refractivity contribution in [3.63, 3.8) is 0 Å². The average Bonchev–Trinajstić information content (AvgIpc) is 3.05. The van der Waals surface area contributed by atoms with Crippen LogP contribution in [0.25, 0.3) is 0 Å². The van der Waals surface area contributed by atoms with Gasteiger partial charge in [0.05, 0.1) is 6.61 Å².